The minimum atomic E-state index is -4.65. The third-order valence-electron chi connectivity index (χ3n) is 14.8. The van der Waals surface area contributed by atoms with Crippen LogP contribution in [0.1, 0.15) is 296 Å². The Labute approximate surface area is 518 Å². The molecule has 0 aliphatic rings. The number of esters is 2. The van der Waals surface area contributed by atoms with Crippen LogP contribution >= 0.6 is 7.82 Å². The van der Waals surface area contributed by atoms with Gasteiger partial charge in [-0.1, -0.05) is 290 Å². The van der Waals surface area contributed by atoms with Gasteiger partial charge in [0.05, 0.1) is 27.7 Å². The van der Waals surface area contributed by atoms with Gasteiger partial charge in [0.1, 0.15) is 19.8 Å². The van der Waals surface area contributed by atoms with Gasteiger partial charge < -0.3 is 27.9 Å². The van der Waals surface area contributed by atoms with E-state index in [1.807, 2.05) is 21.1 Å². The Hall–Kier alpha value is -3.33. The molecule has 0 aliphatic heterocycles. The summed E-state index contributed by atoms with van der Waals surface area (Å²) in [5, 5.41) is 0. The molecule has 0 saturated carbocycles. The number of unbranched alkanes of at least 4 members (excludes halogenated alkanes) is 31. The molecule has 0 heterocycles. The van der Waals surface area contributed by atoms with E-state index in [0.29, 0.717) is 17.4 Å². The van der Waals surface area contributed by atoms with E-state index in [1.165, 1.54) is 167 Å². The van der Waals surface area contributed by atoms with E-state index in [9.17, 15) is 19.0 Å². The lowest BCUT2D eigenvalue weighted by molar-refractivity contribution is -0.870. The molecule has 0 N–H and O–H groups in total. The predicted octanol–water partition coefficient (Wildman–Crippen LogP) is 21.9. The van der Waals surface area contributed by atoms with E-state index in [-0.39, 0.29) is 32.0 Å². The number of allylic oxidation sites excluding steroid dienone is 18. The van der Waals surface area contributed by atoms with Crippen molar-refractivity contribution in [2.45, 2.75) is 302 Å². The fraction of sp³-hybridized carbons (Fsp3) is 0.730. The van der Waals surface area contributed by atoms with Gasteiger partial charge in [-0.15, -0.1) is 0 Å². The number of phosphoric acid groups is 1. The molecule has 0 bridgehead atoms. The Morgan fingerprint density at radius 3 is 1.01 bits per heavy atom. The maximum absolute atomic E-state index is 12.9. The number of nitrogens with zero attached hydrogens (tertiary/aromatic N) is 1. The highest BCUT2D eigenvalue weighted by Crippen LogP contribution is 2.38. The van der Waals surface area contributed by atoms with Gasteiger partial charge in [-0.2, -0.15) is 0 Å². The molecule has 0 spiro atoms. The summed E-state index contributed by atoms with van der Waals surface area (Å²) in [6.45, 7) is 4.13. The van der Waals surface area contributed by atoms with Crippen molar-refractivity contribution >= 4 is 19.8 Å². The molecular formula is C74H130NO8P. The van der Waals surface area contributed by atoms with Crippen molar-refractivity contribution in [2.75, 3.05) is 47.5 Å². The number of ether oxygens (including phenoxy) is 2. The molecule has 0 saturated heterocycles. The van der Waals surface area contributed by atoms with Crippen molar-refractivity contribution in [2.24, 2.45) is 0 Å². The molecule has 0 aromatic carbocycles. The fourth-order valence-electron chi connectivity index (χ4n) is 9.49. The standard InChI is InChI=1S/C74H130NO8P/c1-6-8-10-12-14-16-18-20-22-24-26-28-30-32-33-34-35-36-37-38-39-40-41-43-45-47-49-51-53-55-57-59-61-63-65-67-74(77)83-72(71-82-84(78,79)81-69-68-75(3,4)5)70-80-73(76)66-64-62-60-58-56-54-52-50-48-46-44-42-31-29-27-25-23-21-19-17-15-13-11-9-7-2/h8,10,14,16,19-22,25-28,31-33,35-36,42,72H,6-7,9,11-13,15,17-18,23-24,29-30,34,37-41,43-71H2,1-5H3/b10-8-,16-14-,21-19-,22-20-,27-25-,28-26-,33-32-,36-35-,42-31-. The minimum Gasteiger partial charge on any atom is -0.756 e. The number of carbonyl (C=O) groups is 2. The van der Waals surface area contributed by atoms with E-state index in [0.717, 1.165) is 96.3 Å². The van der Waals surface area contributed by atoms with Crippen molar-refractivity contribution in [1.29, 1.82) is 0 Å². The lowest BCUT2D eigenvalue weighted by atomic mass is 10.0. The number of phosphoric ester groups is 1. The largest absolute Gasteiger partial charge is 0.756 e. The highest BCUT2D eigenvalue weighted by Gasteiger charge is 2.22. The second kappa shape index (κ2) is 64.2. The second-order valence-electron chi connectivity index (χ2n) is 24.2. The third kappa shape index (κ3) is 67.8. The summed E-state index contributed by atoms with van der Waals surface area (Å²) in [5.74, 6) is -0.833. The second-order valence-corrected chi connectivity index (χ2v) is 25.6. The zero-order valence-corrected chi connectivity index (χ0v) is 56.0. The molecule has 10 heteroatoms. The zero-order chi connectivity index (χ0) is 61.2. The fourth-order valence-corrected chi connectivity index (χ4v) is 10.2. The van der Waals surface area contributed by atoms with Crippen LogP contribution in [-0.4, -0.2) is 70.0 Å². The zero-order valence-electron chi connectivity index (χ0n) is 55.1. The van der Waals surface area contributed by atoms with Crippen molar-refractivity contribution < 1.29 is 42.1 Å². The quantitative estimate of drug-likeness (QED) is 0.0195. The van der Waals surface area contributed by atoms with E-state index in [2.05, 4.69) is 123 Å². The molecule has 0 amide bonds. The van der Waals surface area contributed by atoms with E-state index >= 15 is 0 Å². The van der Waals surface area contributed by atoms with Crippen LogP contribution < -0.4 is 4.89 Å². The lowest BCUT2D eigenvalue weighted by Crippen LogP contribution is -2.37. The highest BCUT2D eigenvalue weighted by atomic mass is 31.2. The smallest absolute Gasteiger partial charge is 0.306 e. The molecule has 2 atom stereocenters. The van der Waals surface area contributed by atoms with Crippen molar-refractivity contribution in [3.8, 4) is 0 Å². The van der Waals surface area contributed by atoms with E-state index < -0.39 is 26.5 Å². The van der Waals surface area contributed by atoms with Crippen LogP contribution in [-0.2, 0) is 32.7 Å². The van der Waals surface area contributed by atoms with Crippen LogP contribution in [0.25, 0.3) is 0 Å². The number of carbonyl (C=O) groups excluding carboxylic acids is 2. The van der Waals surface area contributed by atoms with Gasteiger partial charge in [-0.05, 0) is 103 Å². The summed E-state index contributed by atoms with van der Waals surface area (Å²) in [5.41, 5.74) is 0. The Morgan fingerprint density at radius 1 is 0.381 bits per heavy atom. The van der Waals surface area contributed by atoms with Gasteiger partial charge in [0.2, 0.25) is 0 Å². The topological polar surface area (TPSA) is 111 Å². The minimum absolute atomic E-state index is 0.0347. The van der Waals surface area contributed by atoms with Crippen molar-refractivity contribution in [3.63, 3.8) is 0 Å². The number of hydrogen-bond acceptors (Lipinski definition) is 8. The molecule has 84 heavy (non-hydrogen) atoms. The van der Waals surface area contributed by atoms with Gasteiger partial charge in [-0.25, -0.2) is 0 Å². The van der Waals surface area contributed by atoms with Gasteiger partial charge in [0, 0.05) is 12.8 Å². The maximum Gasteiger partial charge on any atom is 0.306 e. The summed E-state index contributed by atoms with van der Waals surface area (Å²) in [7, 11) is 1.16. The lowest BCUT2D eigenvalue weighted by Gasteiger charge is -2.28. The van der Waals surface area contributed by atoms with Gasteiger partial charge in [0.15, 0.2) is 6.10 Å². The Morgan fingerprint density at radius 2 is 0.679 bits per heavy atom. The predicted molar refractivity (Wildman–Crippen MR) is 360 cm³/mol. The Kier molecular flexibility index (Phi) is 61.6. The molecule has 0 aliphatic carbocycles. The molecule has 9 nitrogen and oxygen atoms in total. The molecule has 2 unspecified atom stereocenters. The number of hydrogen-bond donors (Lipinski definition) is 0. The van der Waals surface area contributed by atoms with Crippen LogP contribution in [0.2, 0.25) is 0 Å². The van der Waals surface area contributed by atoms with E-state index in [1.54, 1.807) is 0 Å². The van der Waals surface area contributed by atoms with Crippen LogP contribution in [0.5, 0.6) is 0 Å². The number of rotatable bonds is 63. The molecule has 0 rings (SSSR count). The average molecular weight is 1190 g/mol. The molecule has 484 valence electrons. The first-order chi connectivity index (χ1) is 41.0. The summed E-state index contributed by atoms with van der Waals surface area (Å²) >= 11 is 0. The number of likely N-dealkylation sites (N-methyl/N-ethyl adjacent to an activating group) is 1. The first-order valence-corrected chi connectivity index (χ1v) is 36.1. The first kappa shape index (κ1) is 80.7. The SMILES string of the molecule is CC/C=C\C/C=C\C/C=C\C/C=C\C/C=C\C/C=C\CCCCCCCCCCCCCCCCCCC(=O)OC(COC(=O)CCCCCCCCCCCC/C=C\C/C=C\C/C=C\CCCCCCC)COP(=O)([O-])OCC[N+](C)(C)C. The Bertz CT molecular complexity index is 1790. The van der Waals surface area contributed by atoms with Crippen molar-refractivity contribution in [3.05, 3.63) is 109 Å². The summed E-state index contributed by atoms with van der Waals surface area (Å²) in [4.78, 5) is 38.1. The maximum atomic E-state index is 12.9. The first-order valence-electron chi connectivity index (χ1n) is 34.6. The van der Waals surface area contributed by atoms with Gasteiger partial charge in [-0.3, -0.25) is 14.2 Å². The Balaban J connectivity index is 4.06. The summed E-state index contributed by atoms with van der Waals surface area (Å²) in [6.07, 6.45) is 90.2. The van der Waals surface area contributed by atoms with Gasteiger partial charge in [0.25, 0.3) is 7.82 Å². The molecule has 0 radical (unpaired) electrons. The number of quaternary nitrogens is 1. The average Bonchev–Trinajstić information content (AvgIpc) is 3.61. The molecule has 0 aromatic heterocycles. The molecular weight excluding hydrogens is 1060 g/mol. The summed E-state index contributed by atoms with van der Waals surface area (Å²) < 4.78 is 34.3. The molecule has 0 fully saturated rings. The van der Waals surface area contributed by atoms with Crippen LogP contribution in [0.3, 0.4) is 0 Å². The van der Waals surface area contributed by atoms with E-state index in [4.69, 9.17) is 18.5 Å². The van der Waals surface area contributed by atoms with Crippen LogP contribution in [0.15, 0.2) is 109 Å². The normalized spacial score (nSPS) is 13.8. The summed E-state index contributed by atoms with van der Waals surface area (Å²) in [6, 6.07) is 0. The van der Waals surface area contributed by atoms with Crippen LogP contribution in [0.4, 0.5) is 0 Å². The molecule has 0 aromatic rings. The third-order valence-corrected chi connectivity index (χ3v) is 15.7. The van der Waals surface area contributed by atoms with Crippen LogP contribution in [0, 0.1) is 0 Å². The monoisotopic (exact) mass is 1190 g/mol. The van der Waals surface area contributed by atoms with Gasteiger partial charge >= 0.3 is 11.9 Å². The highest BCUT2D eigenvalue weighted by molar-refractivity contribution is 7.45. The van der Waals surface area contributed by atoms with Crippen molar-refractivity contribution in [1.82, 2.24) is 0 Å².